The molecule has 0 rings (SSSR count). The standard InChI is InChI=1S/C12H23NO3/c1-11(2,3)8-12(4,5)13-9(14)7-10(15)16-6/h7-8H2,1-6H3,(H,13,14). The molecule has 1 amide bonds. The summed E-state index contributed by atoms with van der Waals surface area (Å²) in [6.07, 6.45) is 0.622. The molecule has 0 aromatic rings. The summed E-state index contributed by atoms with van der Waals surface area (Å²) in [6.45, 7) is 10.2. The smallest absolute Gasteiger partial charge is 0.315 e. The first-order chi connectivity index (χ1) is 7.06. The molecule has 4 nitrogen and oxygen atoms in total. The van der Waals surface area contributed by atoms with Crippen LogP contribution in [0, 0.1) is 5.41 Å². The molecule has 0 saturated carbocycles. The molecule has 0 aliphatic rings. The van der Waals surface area contributed by atoms with Gasteiger partial charge in [-0.15, -0.1) is 0 Å². The summed E-state index contributed by atoms with van der Waals surface area (Å²) >= 11 is 0. The maximum atomic E-state index is 11.5. The highest BCUT2D eigenvalue weighted by molar-refractivity contribution is 5.94. The van der Waals surface area contributed by atoms with E-state index in [4.69, 9.17) is 0 Å². The number of ether oxygens (including phenoxy) is 1. The Morgan fingerprint density at radius 2 is 1.62 bits per heavy atom. The van der Waals surface area contributed by atoms with Gasteiger partial charge in [-0.05, 0) is 25.7 Å². The zero-order valence-corrected chi connectivity index (χ0v) is 11.1. The first-order valence-electron chi connectivity index (χ1n) is 5.43. The van der Waals surface area contributed by atoms with Crippen molar-refractivity contribution in [1.29, 1.82) is 0 Å². The number of hydrogen-bond acceptors (Lipinski definition) is 3. The van der Waals surface area contributed by atoms with Gasteiger partial charge in [-0.2, -0.15) is 0 Å². The Labute approximate surface area is 97.7 Å². The summed E-state index contributed by atoms with van der Waals surface area (Å²) in [4.78, 5) is 22.4. The Kier molecular flexibility index (Phi) is 4.97. The highest BCUT2D eigenvalue weighted by Gasteiger charge is 2.27. The van der Waals surface area contributed by atoms with E-state index in [1.807, 2.05) is 13.8 Å². The Morgan fingerprint density at radius 1 is 1.12 bits per heavy atom. The molecule has 0 aliphatic heterocycles. The van der Waals surface area contributed by atoms with Crippen molar-refractivity contribution in [2.75, 3.05) is 7.11 Å². The van der Waals surface area contributed by atoms with E-state index in [-0.39, 0.29) is 23.3 Å². The van der Waals surface area contributed by atoms with Gasteiger partial charge in [0, 0.05) is 5.54 Å². The van der Waals surface area contributed by atoms with Crippen LogP contribution >= 0.6 is 0 Å². The molecule has 0 fully saturated rings. The van der Waals surface area contributed by atoms with Gasteiger partial charge in [-0.3, -0.25) is 9.59 Å². The fraction of sp³-hybridized carbons (Fsp3) is 0.833. The average Bonchev–Trinajstić information content (AvgIpc) is 1.97. The molecule has 0 aromatic heterocycles. The third-order valence-corrected chi connectivity index (χ3v) is 1.98. The molecule has 0 unspecified atom stereocenters. The minimum atomic E-state index is -0.510. The third-order valence-electron chi connectivity index (χ3n) is 1.98. The second-order valence-electron chi connectivity index (χ2n) is 5.92. The Hall–Kier alpha value is -1.06. The molecule has 0 heterocycles. The molecule has 0 saturated heterocycles. The lowest BCUT2D eigenvalue weighted by molar-refractivity contribution is -0.144. The Balaban J connectivity index is 4.26. The first-order valence-corrected chi connectivity index (χ1v) is 5.43. The van der Waals surface area contributed by atoms with Crippen molar-refractivity contribution in [2.24, 2.45) is 5.41 Å². The van der Waals surface area contributed by atoms with Gasteiger partial charge in [0.05, 0.1) is 7.11 Å². The monoisotopic (exact) mass is 229 g/mol. The van der Waals surface area contributed by atoms with Gasteiger partial charge in [0.1, 0.15) is 6.42 Å². The maximum Gasteiger partial charge on any atom is 0.315 e. The quantitative estimate of drug-likeness (QED) is 0.591. The Bertz CT molecular complexity index is 264. The van der Waals surface area contributed by atoms with Gasteiger partial charge in [0.25, 0.3) is 0 Å². The van der Waals surface area contributed by atoms with E-state index in [0.29, 0.717) is 0 Å². The van der Waals surface area contributed by atoms with Crippen molar-refractivity contribution in [3.63, 3.8) is 0 Å². The second-order valence-corrected chi connectivity index (χ2v) is 5.92. The SMILES string of the molecule is COC(=O)CC(=O)NC(C)(C)CC(C)(C)C. The molecule has 0 atom stereocenters. The molecule has 1 N–H and O–H groups in total. The number of carbonyl (C=O) groups is 2. The fourth-order valence-corrected chi connectivity index (χ4v) is 1.99. The van der Waals surface area contributed by atoms with Crippen LogP contribution in [0.25, 0.3) is 0 Å². The van der Waals surface area contributed by atoms with Crippen molar-refractivity contribution in [3.8, 4) is 0 Å². The van der Waals surface area contributed by atoms with Crippen LogP contribution in [0.15, 0.2) is 0 Å². The van der Waals surface area contributed by atoms with Crippen molar-refractivity contribution < 1.29 is 14.3 Å². The van der Waals surface area contributed by atoms with Crippen LogP contribution in [0.2, 0.25) is 0 Å². The zero-order valence-electron chi connectivity index (χ0n) is 11.1. The van der Waals surface area contributed by atoms with E-state index in [0.717, 1.165) is 6.42 Å². The van der Waals surface area contributed by atoms with Crippen LogP contribution < -0.4 is 5.32 Å². The van der Waals surface area contributed by atoms with Crippen LogP contribution in [0.5, 0.6) is 0 Å². The summed E-state index contributed by atoms with van der Waals surface area (Å²) in [6, 6.07) is 0. The minimum absolute atomic E-state index is 0.127. The van der Waals surface area contributed by atoms with Gasteiger partial charge in [0.15, 0.2) is 0 Å². The van der Waals surface area contributed by atoms with Crippen LogP contribution in [0.3, 0.4) is 0 Å². The minimum Gasteiger partial charge on any atom is -0.469 e. The van der Waals surface area contributed by atoms with E-state index in [2.05, 4.69) is 30.8 Å². The average molecular weight is 229 g/mol. The second kappa shape index (κ2) is 5.32. The zero-order chi connectivity index (χ0) is 13.0. The first kappa shape index (κ1) is 14.9. The lowest BCUT2D eigenvalue weighted by Gasteiger charge is -2.33. The number of esters is 1. The van der Waals surface area contributed by atoms with Crippen molar-refractivity contribution in [1.82, 2.24) is 5.32 Å². The number of nitrogens with one attached hydrogen (secondary N) is 1. The summed E-state index contributed by atoms with van der Waals surface area (Å²) < 4.78 is 4.44. The molecule has 0 radical (unpaired) electrons. The molecule has 16 heavy (non-hydrogen) atoms. The van der Waals surface area contributed by atoms with Crippen LogP contribution in [-0.2, 0) is 14.3 Å². The molecule has 4 heteroatoms. The van der Waals surface area contributed by atoms with E-state index in [9.17, 15) is 9.59 Å². The van der Waals surface area contributed by atoms with E-state index < -0.39 is 5.97 Å². The van der Waals surface area contributed by atoms with E-state index in [1.54, 1.807) is 0 Å². The molecule has 0 bridgehead atoms. The molecule has 0 aliphatic carbocycles. The topological polar surface area (TPSA) is 55.4 Å². The fourth-order valence-electron chi connectivity index (χ4n) is 1.99. The summed E-state index contributed by atoms with van der Waals surface area (Å²) in [7, 11) is 1.27. The van der Waals surface area contributed by atoms with Crippen molar-refractivity contribution >= 4 is 11.9 Å². The molecule has 0 aromatic carbocycles. The van der Waals surface area contributed by atoms with Gasteiger partial charge in [-0.1, -0.05) is 20.8 Å². The summed E-state index contributed by atoms with van der Waals surface area (Å²) in [5, 5.41) is 2.84. The van der Waals surface area contributed by atoms with Crippen LogP contribution in [0.1, 0.15) is 47.5 Å². The molecule has 94 valence electrons. The lowest BCUT2D eigenvalue weighted by Crippen LogP contribution is -2.46. The third kappa shape index (κ3) is 7.26. The highest BCUT2D eigenvalue weighted by atomic mass is 16.5. The number of methoxy groups -OCH3 is 1. The Morgan fingerprint density at radius 3 is 2.00 bits per heavy atom. The van der Waals surface area contributed by atoms with Crippen LogP contribution in [0.4, 0.5) is 0 Å². The maximum absolute atomic E-state index is 11.5. The largest absolute Gasteiger partial charge is 0.469 e. The van der Waals surface area contributed by atoms with E-state index in [1.165, 1.54) is 7.11 Å². The van der Waals surface area contributed by atoms with Gasteiger partial charge < -0.3 is 10.1 Å². The van der Waals surface area contributed by atoms with Crippen molar-refractivity contribution in [3.05, 3.63) is 0 Å². The van der Waals surface area contributed by atoms with Crippen molar-refractivity contribution in [2.45, 2.75) is 53.0 Å². The van der Waals surface area contributed by atoms with Gasteiger partial charge in [0.2, 0.25) is 5.91 Å². The predicted octanol–water partition coefficient (Wildman–Crippen LogP) is 1.88. The number of hydrogen-bond donors (Lipinski definition) is 1. The van der Waals surface area contributed by atoms with E-state index >= 15 is 0 Å². The van der Waals surface area contributed by atoms with Crippen LogP contribution in [-0.4, -0.2) is 24.5 Å². The lowest BCUT2D eigenvalue weighted by atomic mass is 9.82. The summed E-state index contributed by atoms with van der Waals surface area (Å²) in [5.41, 5.74) is -0.189. The number of rotatable bonds is 4. The number of amides is 1. The number of carbonyl (C=O) groups excluding carboxylic acids is 2. The summed E-state index contributed by atoms with van der Waals surface area (Å²) in [5.74, 6) is -0.801. The predicted molar refractivity (Wildman–Crippen MR) is 62.9 cm³/mol. The highest BCUT2D eigenvalue weighted by Crippen LogP contribution is 2.26. The van der Waals surface area contributed by atoms with Gasteiger partial charge >= 0.3 is 5.97 Å². The van der Waals surface area contributed by atoms with Gasteiger partial charge in [-0.25, -0.2) is 0 Å². The normalized spacial score (nSPS) is 12.1. The molecular formula is C12H23NO3. The molecule has 0 spiro atoms. The molecular weight excluding hydrogens is 206 g/mol.